The Kier molecular flexibility index (Phi) is 2.83. The Morgan fingerprint density at radius 1 is 1.42 bits per heavy atom. The highest BCUT2D eigenvalue weighted by atomic mass is 16.7. The largest absolute Gasteiger partial charge is 0.506 e. The second kappa shape index (κ2) is 4.66. The van der Waals surface area contributed by atoms with Crippen LogP contribution in [0.5, 0.6) is 5.75 Å². The lowest BCUT2D eigenvalue weighted by atomic mass is 9.51. The number of ether oxygens (including phenoxy) is 2. The van der Waals surface area contributed by atoms with Crippen LogP contribution in [-0.4, -0.2) is 48.0 Å². The van der Waals surface area contributed by atoms with Gasteiger partial charge in [0.1, 0.15) is 18.0 Å². The van der Waals surface area contributed by atoms with Gasteiger partial charge in [-0.1, -0.05) is 12.1 Å². The monoisotopic (exact) mass is 329 g/mol. The number of likely N-dealkylation sites (tertiary alicyclic amines) is 1. The third-order valence-electron chi connectivity index (χ3n) is 7.01. The number of hydrogen-bond donors (Lipinski definition) is 1. The van der Waals surface area contributed by atoms with Crippen LogP contribution in [-0.2, 0) is 16.6 Å². The van der Waals surface area contributed by atoms with E-state index in [1.165, 1.54) is 11.1 Å². The van der Waals surface area contributed by atoms with E-state index in [4.69, 9.17) is 9.47 Å². The topological polar surface area (TPSA) is 59.0 Å². The van der Waals surface area contributed by atoms with E-state index >= 15 is 0 Å². The first-order chi connectivity index (χ1) is 11.5. The van der Waals surface area contributed by atoms with Gasteiger partial charge >= 0.3 is 6.16 Å². The van der Waals surface area contributed by atoms with Crippen molar-refractivity contribution in [3.63, 3.8) is 0 Å². The summed E-state index contributed by atoms with van der Waals surface area (Å²) in [6.07, 6.45) is 2.16. The van der Waals surface area contributed by atoms with Crippen molar-refractivity contribution in [2.45, 2.75) is 56.3 Å². The maximum absolute atomic E-state index is 11.2. The summed E-state index contributed by atoms with van der Waals surface area (Å²) >= 11 is 0. The van der Waals surface area contributed by atoms with Crippen LogP contribution in [0.4, 0.5) is 4.79 Å². The molecule has 5 atom stereocenters. The first kappa shape index (κ1) is 14.6. The Balaban J connectivity index is 1.71. The molecule has 5 heteroatoms. The van der Waals surface area contributed by atoms with E-state index in [1.807, 2.05) is 0 Å². The molecule has 1 aromatic carbocycles. The van der Waals surface area contributed by atoms with E-state index in [2.05, 4.69) is 31.0 Å². The second-order valence-corrected chi connectivity index (χ2v) is 7.93. The van der Waals surface area contributed by atoms with Gasteiger partial charge in [-0.15, -0.1) is 0 Å². The molecule has 1 saturated carbocycles. The fourth-order valence-corrected chi connectivity index (χ4v) is 6.09. The number of piperidine rings is 1. The molecular weight excluding hydrogens is 306 g/mol. The molecule has 1 unspecified atom stereocenters. The zero-order valence-electron chi connectivity index (χ0n) is 14.1. The van der Waals surface area contributed by atoms with Gasteiger partial charge in [-0.25, -0.2) is 4.79 Å². The minimum Gasteiger partial charge on any atom is -0.485 e. The molecule has 128 valence electrons. The number of aryl methyl sites for hydroxylation is 1. The van der Waals surface area contributed by atoms with Crippen LogP contribution in [0, 0.1) is 12.8 Å². The molecule has 1 spiro atoms. The molecule has 0 radical (unpaired) electrons. The van der Waals surface area contributed by atoms with Crippen molar-refractivity contribution >= 4 is 6.16 Å². The summed E-state index contributed by atoms with van der Waals surface area (Å²) in [6, 6.07) is 4.92. The second-order valence-electron chi connectivity index (χ2n) is 7.93. The van der Waals surface area contributed by atoms with Gasteiger partial charge in [-0.3, -0.25) is 0 Å². The van der Waals surface area contributed by atoms with Crippen LogP contribution in [0.15, 0.2) is 12.1 Å². The van der Waals surface area contributed by atoms with Crippen LogP contribution in [0.2, 0.25) is 0 Å². The molecule has 24 heavy (non-hydrogen) atoms. The lowest BCUT2D eigenvalue weighted by Gasteiger charge is -2.58. The van der Waals surface area contributed by atoms with Crippen LogP contribution < -0.4 is 4.74 Å². The lowest BCUT2D eigenvalue weighted by molar-refractivity contribution is -0.108. The maximum Gasteiger partial charge on any atom is 0.506 e. The summed E-state index contributed by atoms with van der Waals surface area (Å²) in [7, 11) is 2.22. The Bertz CT molecular complexity index is 732. The zero-order chi connectivity index (χ0) is 16.6. The molecule has 2 aliphatic carbocycles. The van der Waals surface area contributed by atoms with E-state index in [-0.39, 0.29) is 17.6 Å². The van der Waals surface area contributed by atoms with Gasteiger partial charge in [0.05, 0.1) is 0 Å². The smallest absolute Gasteiger partial charge is 0.485 e. The predicted molar refractivity (Wildman–Crippen MR) is 87.6 cm³/mol. The van der Waals surface area contributed by atoms with Crippen molar-refractivity contribution in [3.05, 3.63) is 28.8 Å². The number of nitrogens with zero attached hydrogens (tertiary/aromatic N) is 1. The standard InChI is InChI=1S/C19H23NO4/c1-10-3-4-11-9-13-12-5-6-14(23-18(21)22)17-19(12,7-8-20(13)2)15(11)16(10)24-17/h3-4,12-14,17H,5-9H2,1-2H3,(H,21,22)/t12-,13+,14?,17-,19-/m1/s1. The molecule has 1 saturated heterocycles. The molecule has 2 fully saturated rings. The van der Waals surface area contributed by atoms with Crippen molar-refractivity contribution in [1.29, 1.82) is 0 Å². The minimum absolute atomic E-state index is 0.0650. The van der Waals surface area contributed by atoms with E-state index in [9.17, 15) is 9.90 Å². The molecule has 0 amide bonds. The molecular formula is C19H23NO4. The maximum atomic E-state index is 11.2. The normalized spacial score (nSPS) is 39.1. The lowest BCUT2D eigenvalue weighted by Crippen LogP contribution is -2.66. The number of likely N-dealkylation sites (N-methyl/N-ethyl adjacent to an activating group) is 1. The van der Waals surface area contributed by atoms with Gasteiger partial charge in [0, 0.05) is 17.0 Å². The van der Waals surface area contributed by atoms with Crippen molar-refractivity contribution in [2.75, 3.05) is 13.6 Å². The number of rotatable bonds is 1. The van der Waals surface area contributed by atoms with Gasteiger partial charge in [-0.2, -0.15) is 0 Å². The first-order valence-electron chi connectivity index (χ1n) is 8.92. The van der Waals surface area contributed by atoms with Crippen molar-refractivity contribution in [2.24, 2.45) is 5.92 Å². The van der Waals surface area contributed by atoms with E-state index in [0.717, 1.165) is 43.5 Å². The highest BCUT2D eigenvalue weighted by Gasteiger charge is 2.65. The van der Waals surface area contributed by atoms with Gasteiger partial charge in [0.15, 0.2) is 0 Å². The van der Waals surface area contributed by atoms with E-state index < -0.39 is 6.16 Å². The number of carbonyl (C=O) groups is 1. The number of carboxylic acid groups (broad SMARTS) is 1. The molecule has 0 aromatic heterocycles. The quantitative estimate of drug-likeness (QED) is 0.803. The number of benzene rings is 1. The fourth-order valence-electron chi connectivity index (χ4n) is 6.09. The summed E-state index contributed by atoms with van der Waals surface area (Å²) in [5.41, 5.74) is 3.86. The summed E-state index contributed by atoms with van der Waals surface area (Å²) in [5, 5.41) is 9.17. The zero-order valence-corrected chi connectivity index (χ0v) is 14.1. The molecule has 5 nitrogen and oxygen atoms in total. The highest BCUT2D eigenvalue weighted by Crippen LogP contribution is 2.62. The molecule has 4 aliphatic rings. The van der Waals surface area contributed by atoms with E-state index in [0.29, 0.717) is 12.0 Å². The van der Waals surface area contributed by atoms with Crippen LogP contribution in [0.25, 0.3) is 0 Å². The summed E-state index contributed by atoms with van der Waals surface area (Å²) in [5.74, 6) is 1.54. The SMILES string of the molecule is Cc1ccc2c3c1O[C@@H]1C(OC(=O)O)CC[C@@H]4[C@H](C2)N(C)CC[C@@]314. The summed E-state index contributed by atoms with van der Waals surface area (Å²) in [4.78, 5) is 13.7. The van der Waals surface area contributed by atoms with Crippen LogP contribution in [0.3, 0.4) is 0 Å². The molecule has 2 bridgehead atoms. The van der Waals surface area contributed by atoms with Gasteiger partial charge < -0.3 is 19.5 Å². The number of hydrogen-bond acceptors (Lipinski definition) is 4. The third kappa shape index (κ3) is 1.61. The Morgan fingerprint density at radius 2 is 2.25 bits per heavy atom. The van der Waals surface area contributed by atoms with Crippen molar-refractivity contribution in [3.8, 4) is 5.75 Å². The van der Waals surface area contributed by atoms with Crippen LogP contribution >= 0.6 is 0 Å². The van der Waals surface area contributed by atoms with Gasteiger partial charge in [0.2, 0.25) is 0 Å². The summed E-state index contributed by atoms with van der Waals surface area (Å²) in [6.45, 7) is 3.13. The minimum atomic E-state index is -1.19. The fraction of sp³-hybridized carbons (Fsp3) is 0.632. The summed E-state index contributed by atoms with van der Waals surface area (Å²) < 4.78 is 11.7. The Hall–Kier alpha value is -1.75. The van der Waals surface area contributed by atoms with Gasteiger partial charge in [-0.05, 0) is 63.2 Å². The van der Waals surface area contributed by atoms with Crippen molar-refractivity contribution < 1.29 is 19.4 Å². The third-order valence-corrected chi connectivity index (χ3v) is 7.01. The molecule has 1 N–H and O–H groups in total. The molecule has 1 aromatic rings. The average Bonchev–Trinajstić information content (AvgIpc) is 2.89. The van der Waals surface area contributed by atoms with Gasteiger partial charge in [0.25, 0.3) is 0 Å². The van der Waals surface area contributed by atoms with Crippen LogP contribution in [0.1, 0.15) is 36.0 Å². The van der Waals surface area contributed by atoms with Crippen molar-refractivity contribution in [1.82, 2.24) is 4.90 Å². The molecule has 5 rings (SSSR count). The Labute approximate surface area is 141 Å². The Morgan fingerprint density at radius 3 is 3.04 bits per heavy atom. The first-order valence-corrected chi connectivity index (χ1v) is 8.92. The van der Waals surface area contributed by atoms with E-state index in [1.54, 1.807) is 0 Å². The molecule has 2 heterocycles. The predicted octanol–water partition coefficient (Wildman–Crippen LogP) is 2.73. The molecule has 2 aliphatic heterocycles. The average molecular weight is 329 g/mol. The highest BCUT2D eigenvalue weighted by molar-refractivity contribution is 5.60.